The second-order valence-corrected chi connectivity index (χ2v) is 24.1. The molecule has 0 bridgehead atoms. The molecule has 458 valence electrons. The minimum atomic E-state index is -1.22. The van der Waals surface area contributed by atoms with E-state index in [1.165, 1.54) is 21.7 Å². The average molecular weight is 1160 g/mol. The fourth-order valence-corrected chi connectivity index (χ4v) is 11.2. The minimum absolute atomic E-state index is 0.0281. The molecule has 22 nitrogen and oxygen atoms in total. The SMILES string of the molecule is CC(C)C[C@@H]1NC(=O)[C@H](CCCN)NC(=O)[C@H](C(C)C)NC(=O)[C@@H]2CCCN2C(=O)[C@@H](Cc2ccccc2)N(C)C(=O)[C@H](CC(C)C)NC(=O)[C@H](CCCN)NC(=O)[C@H](C(C)C)NC(=O)[C@@H]2CCCN2C(=O)[C@@H](Cc2ccccc2)NC1=O. The van der Waals surface area contributed by atoms with E-state index in [2.05, 4.69) is 37.2 Å². The summed E-state index contributed by atoms with van der Waals surface area (Å²) in [7, 11) is 1.49. The molecule has 3 aliphatic rings. The Hall–Kier alpha value is -6.94. The van der Waals surface area contributed by atoms with Crippen molar-refractivity contribution in [1.82, 2.24) is 51.9 Å². The third kappa shape index (κ3) is 19.0. The van der Waals surface area contributed by atoms with Crippen LogP contribution in [0.1, 0.15) is 131 Å². The smallest absolute Gasteiger partial charge is 0.246 e. The van der Waals surface area contributed by atoms with Crippen LogP contribution in [0.25, 0.3) is 0 Å². The molecule has 22 heteroatoms. The second kappa shape index (κ2) is 32.2. The molecule has 10 atom stereocenters. The number of hydrogen-bond donors (Lipinski definition) is 9. The van der Waals surface area contributed by atoms with Gasteiger partial charge in [0.05, 0.1) is 0 Å². The van der Waals surface area contributed by atoms with Gasteiger partial charge in [-0.05, 0) is 112 Å². The predicted molar refractivity (Wildman–Crippen MR) is 315 cm³/mol. The number of carbonyl (C=O) groups is 10. The Labute approximate surface area is 490 Å². The van der Waals surface area contributed by atoms with Gasteiger partial charge in [-0.15, -0.1) is 0 Å². The highest BCUT2D eigenvalue weighted by Crippen LogP contribution is 2.25. The molecule has 5 rings (SSSR count). The van der Waals surface area contributed by atoms with Gasteiger partial charge in [0.2, 0.25) is 59.1 Å². The first-order valence-electron chi connectivity index (χ1n) is 29.9. The van der Waals surface area contributed by atoms with Crippen LogP contribution in [0.2, 0.25) is 0 Å². The van der Waals surface area contributed by atoms with Crippen LogP contribution in [0.3, 0.4) is 0 Å². The average Bonchev–Trinajstić information content (AvgIpc) is 4.27. The maximum Gasteiger partial charge on any atom is 0.246 e. The highest BCUT2D eigenvalue weighted by molar-refractivity contribution is 6.00. The summed E-state index contributed by atoms with van der Waals surface area (Å²) in [6, 6.07) is 6.45. The number of nitrogens with one attached hydrogen (secondary N) is 7. The molecule has 3 heterocycles. The maximum absolute atomic E-state index is 15.1. The van der Waals surface area contributed by atoms with Crippen LogP contribution in [-0.2, 0) is 60.8 Å². The Balaban J connectivity index is 1.60. The largest absolute Gasteiger partial charge is 0.343 e. The summed E-state index contributed by atoms with van der Waals surface area (Å²) >= 11 is 0. The van der Waals surface area contributed by atoms with E-state index in [1.807, 2.05) is 64.1 Å². The van der Waals surface area contributed by atoms with Gasteiger partial charge in [0, 0.05) is 33.0 Å². The minimum Gasteiger partial charge on any atom is -0.343 e. The Bertz CT molecular complexity index is 2530. The lowest BCUT2D eigenvalue weighted by molar-refractivity contribution is -0.149. The van der Waals surface area contributed by atoms with Gasteiger partial charge in [-0.3, -0.25) is 47.9 Å². The fraction of sp³-hybridized carbons (Fsp3) is 0.639. The van der Waals surface area contributed by atoms with Crippen molar-refractivity contribution in [3.8, 4) is 0 Å². The molecule has 2 aromatic rings. The van der Waals surface area contributed by atoms with Crippen LogP contribution >= 0.6 is 0 Å². The van der Waals surface area contributed by atoms with Gasteiger partial charge in [-0.2, -0.15) is 0 Å². The number of nitrogens with zero attached hydrogens (tertiary/aromatic N) is 3. The van der Waals surface area contributed by atoms with E-state index in [-0.39, 0.29) is 89.4 Å². The summed E-state index contributed by atoms with van der Waals surface area (Å²) < 4.78 is 0. The van der Waals surface area contributed by atoms with E-state index in [9.17, 15) is 43.2 Å². The first kappa shape index (κ1) is 66.9. The summed E-state index contributed by atoms with van der Waals surface area (Å²) in [5, 5.41) is 20.1. The number of amides is 10. The zero-order valence-corrected chi connectivity index (χ0v) is 50.2. The molecule has 10 amide bonds. The standard InChI is InChI=1S/C61H94N12O10/c1-36(2)32-44-54(76)68-46(34-40-20-12-10-13-21-40)60(82)72-30-18-26-47(72)55(77)69-50(38(5)6)58(80)65-43(25-17-29-63)53(75)67-45(33-37(3)4)59(81)71(9)49(35-41-22-14-11-15-23-41)61(83)73-31-19-27-48(73)56(78)70-51(39(7)8)57(79)64-42(24-16-28-62)52(74)66-44/h10-15,20-23,36-39,42-51H,16-19,24-35,62-63H2,1-9H3,(H,64,79)(H,65,80)(H,66,74)(H,67,75)(H,68,76)(H,69,77)(H,70,78)/t42-,43-,44-,45-,46+,47-,48-,49+,50-,51-/m0/s1. The van der Waals surface area contributed by atoms with Crippen molar-refractivity contribution in [2.24, 2.45) is 35.1 Å². The molecular weight excluding hydrogens is 1060 g/mol. The number of nitrogens with two attached hydrogens (primary N) is 2. The molecule has 0 unspecified atom stereocenters. The molecular formula is C61H94N12O10. The first-order valence-corrected chi connectivity index (χ1v) is 29.9. The summed E-state index contributed by atoms with van der Waals surface area (Å²) in [4.78, 5) is 151. The number of benzene rings is 2. The first-order chi connectivity index (χ1) is 39.4. The van der Waals surface area contributed by atoms with Crippen molar-refractivity contribution in [3.05, 3.63) is 71.8 Å². The van der Waals surface area contributed by atoms with Crippen LogP contribution in [0, 0.1) is 23.7 Å². The molecule has 3 fully saturated rings. The Morgan fingerprint density at radius 3 is 1.27 bits per heavy atom. The molecule has 11 N–H and O–H groups in total. The van der Waals surface area contributed by atoms with E-state index in [4.69, 9.17) is 11.5 Å². The topological polar surface area (TPSA) is 317 Å². The lowest BCUT2D eigenvalue weighted by atomic mass is 9.98. The van der Waals surface area contributed by atoms with Crippen LogP contribution < -0.4 is 48.7 Å². The Kier molecular flexibility index (Phi) is 25.9. The second-order valence-electron chi connectivity index (χ2n) is 24.1. The number of likely N-dealkylation sites (N-methyl/N-ethyl adjacent to an activating group) is 1. The summed E-state index contributed by atoms with van der Waals surface area (Å²) in [5.74, 6) is -7.60. The van der Waals surface area contributed by atoms with E-state index in [0.29, 0.717) is 31.2 Å². The van der Waals surface area contributed by atoms with E-state index in [1.54, 1.807) is 52.0 Å². The Morgan fingerprint density at radius 2 is 0.831 bits per heavy atom. The van der Waals surface area contributed by atoms with Crippen molar-refractivity contribution in [1.29, 1.82) is 0 Å². The van der Waals surface area contributed by atoms with E-state index in [0.717, 1.165) is 5.56 Å². The molecule has 0 saturated carbocycles. The molecule has 83 heavy (non-hydrogen) atoms. The van der Waals surface area contributed by atoms with E-state index < -0.39 is 131 Å². The molecule has 0 aliphatic carbocycles. The molecule has 0 spiro atoms. The molecule has 3 saturated heterocycles. The van der Waals surface area contributed by atoms with Crippen molar-refractivity contribution in [2.75, 3.05) is 33.2 Å². The third-order valence-corrected chi connectivity index (χ3v) is 15.8. The van der Waals surface area contributed by atoms with Gasteiger partial charge in [0.1, 0.15) is 60.4 Å². The van der Waals surface area contributed by atoms with Gasteiger partial charge in [-0.1, -0.05) is 116 Å². The number of rotatable bonds is 16. The summed E-state index contributed by atoms with van der Waals surface area (Å²) in [6.07, 6.45) is 2.50. The van der Waals surface area contributed by atoms with Gasteiger partial charge < -0.3 is 63.4 Å². The molecule has 0 aromatic heterocycles. The van der Waals surface area contributed by atoms with Crippen LogP contribution in [-0.4, -0.2) is 167 Å². The van der Waals surface area contributed by atoms with Gasteiger partial charge >= 0.3 is 0 Å². The Morgan fingerprint density at radius 1 is 0.446 bits per heavy atom. The van der Waals surface area contributed by atoms with Gasteiger partial charge in [0.15, 0.2) is 0 Å². The van der Waals surface area contributed by atoms with Crippen molar-refractivity contribution in [3.63, 3.8) is 0 Å². The zero-order valence-electron chi connectivity index (χ0n) is 50.2. The lowest BCUT2D eigenvalue weighted by Gasteiger charge is -2.36. The number of fused-ring (bicyclic) bond motifs is 2. The van der Waals surface area contributed by atoms with Crippen molar-refractivity contribution in [2.45, 2.75) is 193 Å². The summed E-state index contributed by atoms with van der Waals surface area (Å²) in [6.45, 7) is 15.1. The molecule has 2 aromatic carbocycles. The van der Waals surface area contributed by atoms with Crippen LogP contribution in [0.5, 0.6) is 0 Å². The maximum atomic E-state index is 15.1. The fourth-order valence-electron chi connectivity index (χ4n) is 11.2. The normalized spacial score (nSPS) is 26.5. The van der Waals surface area contributed by atoms with E-state index >= 15 is 4.79 Å². The van der Waals surface area contributed by atoms with Crippen LogP contribution in [0.4, 0.5) is 0 Å². The monoisotopic (exact) mass is 1150 g/mol. The van der Waals surface area contributed by atoms with Crippen LogP contribution in [0.15, 0.2) is 60.7 Å². The highest BCUT2D eigenvalue weighted by atomic mass is 16.2. The number of hydrogen-bond acceptors (Lipinski definition) is 12. The molecule has 3 aliphatic heterocycles. The van der Waals surface area contributed by atoms with Crippen molar-refractivity contribution >= 4 is 59.1 Å². The lowest BCUT2D eigenvalue weighted by Crippen LogP contribution is -2.62. The van der Waals surface area contributed by atoms with Gasteiger partial charge in [0.25, 0.3) is 0 Å². The molecule has 0 radical (unpaired) electrons. The predicted octanol–water partition coefficient (Wildman–Crippen LogP) is 1.57. The number of carbonyl (C=O) groups excluding carboxylic acids is 10. The third-order valence-electron chi connectivity index (χ3n) is 15.8. The zero-order chi connectivity index (χ0) is 61.1. The quantitative estimate of drug-likeness (QED) is 0.116. The summed E-state index contributed by atoms with van der Waals surface area (Å²) in [5.41, 5.74) is 13.3. The highest BCUT2D eigenvalue weighted by Gasteiger charge is 2.44. The van der Waals surface area contributed by atoms with Gasteiger partial charge in [-0.25, -0.2) is 0 Å². The van der Waals surface area contributed by atoms with Crippen molar-refractivity contribution < 1.29 is 47.9 Å².